The highest BCUT2D eigenvalue weighted by Gasteiger charge is 2.02. The lowest BCUT2D eigenvalue weighted by molar-refractivity contribution is 0.485. The quantitative estimate of drug-likeness (QED) is 0.672. The zero-order valence-electron chi connectivity index (χ0n) is 8.68. The van der Waals surface area contributed by atoms with Crippen molar-refractivity contribution >= 4 is 0 Å². The summed E-state index contributed by atoms with van der Waals surface area (Å²) < 4.78 is 5.35. The predicted molar refractivity (Wildman–Crippen MR) is 53.7 cm³/mol. The molecular formula is C11H19NO. The maximum absolute atomic E-state index is 5.35. The molecule has 2 nitrogen and oxygen atoms in total. The molecule has 0 saturated carbocycles. The van der Waals surface area contributed by atoms with Gasteiger partial charge in [-0.1, -0.05) is 26.7 Å². The van der Waals surface area contributed by atoms with Gasteiger partial charge in [0.2, 0.25) is 0 Å². The second-order valence-corrected chi connectivity index (χ2v) is 3.44. The third kappa shape index (κ3) is 3.62. The molecule has 0 saturated heterocycles. The van der Waals surface area contributed by atoms with Crippen molar-refractivity contribution < 1.29 is 4.42 Å². The Kier molecular flexibility index (Phi) is 4.58. The fraction of sp³-hybridized carbons (Fsp3) is 0.727. The predicted octanol–water partition coefficient (Wildman–Crippen LogP) is 3.36. The van der Waals surface area contributed by atoms with Crippen LogP contribution in [0.15, 0.2) is 10.7 Å². The summed E-state index contributed by atoms with van der Waals surface area (Å²) in [7, 11) is 0. The number of unbranched alkanes of at least 4 members (excludes halogenated alkanes) is 2. The molecule has 74 valence electrons. The number of aryl methyl sites for hydroxylation is 2. The van der Waals surface area contributed by atoms with Gasteiger partial charge >= 0.3 is 0 Å². The van der Waals surface area contributed by atoms with Gasteiger partial charge < -0.3 is 4.42 Å². The molecule has 2 heteroatoms. The van der Waals surface area contributed by atoms with Gasteiger partial charge in [0.05, 0.1) is 5.69 Å². The Balaban J connectivity index is 2.34. The highest BCUT2D eigenvalue weighted by atomic mass is 16.3. The van der Waals surface area contributed by atoms with E-state index in [0.717, 1.165) is 24.4 Å². The molecule has 0 fully saturated rings. The van der Waals surface area contributed by atoms with Crippen LogP contribution in [0.5, 0.6) is 0 Å². The average Bonchev–Trinajstić information content (AvgIpc) is 2.59. The van der Waals surface area contributed by atoms with Crippen molar-refractivity contribution in [3.05, 3.63) is 17.8 Å². The molecule has 0 spiro atoms. The van der Waals surface area contributed by atoms with Crippen LogP contribution in [0.25, 0.3) is 0 Å². The minimum Gasteiger partial charge on any atom is -0.449 e. The Bertz CT molecular complexity index is 207. The van der Waals surface area contributed by atoms with Crippen LogP contribution in [0.4, 0.5) is 0 Å². The summed E-state index contributed by atoms with van der Waals surface area (Å²) in [6.45, 7) is 4.37. The minimum atomic E-state index is 0.910. The molecule has 13 heavy (non-hydrogen) atoms. The number of aromatic nitrogens is 1. The fourth-order valence-electron chi connectivity index (χ4n) is 1.26. The van der Waals surface area contributed by atoms with Crippen molar-refractivity contribution in [3.8, 4) is 0 Å². The van der Waals surface area contributed by atoms with E-state index in [0.29, 0.717) is 0 Å². The highest BCUT2D eigenvalue weighted by Crippen LogP contribution is 2.08. The molecule has 0 radical (unpaired) electrons. The molecule has 0 aliphatic heterocycles. The summed E-state index contributed by atoms with van der Waals surface area (Å²) in [6.07, 6.45) is 8.66. The van der Waals surface area contributed by atoms with E-state index in [9.17, 15) is 0 Å². The van der Waals surface area contributed by atoms with Gasteiger partial charge in [0, 0.05) is 6.42 Å². The molecule has 1 heterocycles. The standard InChI is InChI=1S/C11H19NO/c1-3-5-7-10-9-13-11(12-10)8-6-4-2/h9H,3-8H2,1-2H3. The SMILES string of the molecule is CCCCc1coc(CCCC)n1. The topological polar surface area (TPSA) is 26.0 Å². The lowest BCUT2D eigenvalue weighted by atomic mass is 10.2. The summed E-state index contributed by atoms with van der Waals surface area (Å²) >= 11 is 0. The largest absolute Gasteiger partial charge is 0.449 e. The van der Waals surface area contributed by atoms with Crippen molar-refractivity contribution in [3.63, 3.8) is 0 Å². The molecular weight excluding hydrogens is 162 g/mol. The third-order valence-electron chi connectivity index (χ3n) is 2.13. The molecule has 1 rings (SSSR count). The number of hydrogen-bond donors (Lipinski definition) is 0. The molecule has 0 unspecified atom stereocenters. The molecule has 0 bridgehead atoms. The first-order chi connectivity index (χ1) is 6.36. The van der Waals surface area contributed by atoms with Crippen LogP contribution in [0.2, 0.25) is 0 Å². The van der Waals surface area contributed by atoms with E-state index in [1.807, 2.05) is 0 Å². The third-order valence-corrected chi connectivity index (χ3v) is 2.13. The number of oxazole rings is 1. The van der Waals surface area contributed by atoms with E-state index in [-0.39, 0.29) is 0 Å². The van der Waals surface area contributed by atoms with Gasteiger partial charge in [0.1, 0.15) is 6.26 Å². The van der Waals surface area contributed by atoms with Crippen molar-refractivity contribution in [2.24, 2.45) is 0 Å². The summed E-state index contributed by atoms with van der Waals surface area (Å²) in [5.74, 6) is 0.910. The van der Waals surface area contributed by atoms with E-state index in [1.165, 1.54) is 25.7 Å². The Hall–Kier alpha value is -0.790. The van der Waals surface area contributed by atoms with Crippen molar-refractivity contribution in [1.82, 2.24) is 4.98 Å². The fourth-order valence-corrected chi connectivity index (χ4v) is 1.26. The highest BCUT2D eigenvalue weighted by molar-refractivity contribution is 4.96. The van der Waals surface area contributed by atoms with E-state index < -0.39 is 0 Å². The van der Waals surface area contributed by atoms with E-state index >= 15 is 0 Å². The van der Waals surface area contributed by atoms with Gasteiger partial charge in [0.15, 0.2) is 5.89 Å². The molecule has 0 N–H and O–H groups in total. The van der Waals surface area contributed by atoms with E-state index in [1.54, 1.807) is 6.26 Å². The first-order valence-electron chi connectivity index (χ1n) is 5.30. The summed E-state index contributed by atoms with van der Waals surface area (Å²) in [5.41, 5.74) is 1.12. The van der Waals surface area contributed by atoms with Gasteiger partial charge in [-0.05, 0) is 19.3 Å². The van der Waals surface area contributed by atoms with Crippen LogP contribution < -0.4 is 0 Å². The number of nitrogens with zero attached hydrogens (tertiary/aromatic N) is 1. The number of hydrogen-bond acceptors (Lipinski definition) is 2. The van der Waals surface area contributed by atoms with Crippen molar-refractivity contribution in [2.75, 3.05) is 0 Å². The molecule has 0 aliphatic rings. The van der Waals surface area contributed by atoms with Gasteiger partial charge in [0.25, 0.3) is 0 Å². The second kappa shape index (κ2) is 5.79. The van der Waals surface area contributed by atoms with Gasteiger partial charge in [-0.3, -0.25) is 0 Å². The van der Waals surface area contributed by atoms with Gasteiger partial charge in [-0.2, -0.15) is 0 Å². The van der Waals surface area contributed by atoms with Crippen LogP contribution in [0.3, 0.4) is 0 Å². The summed E-state index contributed by atoms with van der Waals surface area (Å²) in [5, 5.41) is 0. The number of rotatable bonds is 6. The van der Waals surface area contributed by atoms with Crippen LogP contribution in [-0.2, 0) is 12.8 Å². The first-order valence-corrected chi connectivity index (χ1v) is 5.30. The molecule has 0 aliphatic carbocycles. The van der Waals surface area contributed by atoms with Crippen molar-refractivity contribution in [2.45, 2.75) is 52.4 Å². The summed E-state index contributed by atoms with van der Waals surface area (Å²) in [4.78, 5) is 4.42. The van der Waals surface area contributed by atoms with Crippen molar-refractivity contribution in [1.29, 1.82) is 0 Å². The van der Waals surface area contributed by atoms with Crippen LogP contribution in [0.1, 0.15) is 51.1 Å². The second-order valence-electron chi connectivity index (χ2n) is 3.44. The maximum Gasteiger partial charge on any atom is 0.194 e. The monoisotopic (exact) mass is 181 g/mol. The average molecular weight is 181 g/mol. The van der Waals surface area contributed by atoms with Crippen LogP contribution >= 0.6 is 0 Å². The molecule has 1 aromatic rings. The van der Waals surface area contributed by atoms with Gasteiger partial charge in [-0.15, -0.1) is 0 Å². The molecule has 0 amide bonds. The molecule has 0 atom stereocenters. The zero-order valence-corrected chi connectivity index (χ0v) is 8.68. The zero-order chi connectivity index (χ0) is 9.52. The Morgan fingerprint density at radius 2 is 1.85 bits per heavy atom. The Labute approximate surface area is 80.4 Å². The van der Waals surface area contributed by atoms with E-state index in [4.69, 9.17) is 4.42 Å². The van der Waals surface area contributed by atoms with Gasteiger partial charge in [-0.25, -0.2) is 4.98 Å². The maximum atomic E-state index is 5.35. The summed E-state index contributed by atoms with van der Waals surface area (Å²) in [6, 6.07) is 0. The molecule has 1 aromatic heterocycles. The first kappa shape index (κ1) is 10.3. The lowest BCUT2D eigenvalue weighted by Crippen LogP contribution is -1.87. The lowest BCUT2D eigenvalue weighted by Gasteiger charge is -1.91. The Morgan fingerprint density at radius 1 is 1.15 bits per heavy atom. The van der Waals surface area contributed by atoms with Crippen LogP contribution in [0, 0.1) is 0 Å². The van der Waals surface area contributed by atoms with E-state index in [2.05, 4.69) is 18.8 Å². The Morgan fingerprint density at radius 3 is 2.54 bits per heavy atom. The normalized spacial score (nSPS) is 10.6. The minimum absolute atomic E-state index is 0.910. The van der Waals surface area contributed by atoms with Crippen LogP contribution in [-0.4, -0.2) is 4.98 Å². The molecule has 0 aromatic carbocycles. The smallest absolute Gasteiger partial charge is 0.194 e.